The highest BCUT2D eigenvalue weighted by molar-refractivity contribution is 6.12. The van der Waals surface area contributed by atoms with Gasteiger partial charge in [-0.25, -0.2) is 0 Å². The summed E-state index contributed by atoms with van der Waals surface area (Å²) >= 11 is 0. The Labute approximate surface area is 105 Å². The second-order valence-corrected chi connectivity index (χ2v) is 5.03. The Balaban J connectivity index is 2.23. The van der Waals surface area contributed by atoms with E-state index in [1.54, 1.807) is 0 Å². The van der Waals surface area contributed by atoms with Crippen LogP contribution >= 0.6 is 0 Å². The van der Waals surface area contributed by atoms with Gasteiger partial charge in [-0.3, -0.25) is 4.79 Å². The Morgan fingerprint density at radius 1 is 1.00 bits per heavy atom. The van der Waals surface area contributed by atoms with Gasteiger partial charge < -0.3 is 4.57 Å². The summed E-state index contributed by atoms with van der Waals surface area (Å²) in [6.45, 7) is 0. The molecule has 2 nitrogen and oxygen atoms in total. The number of para-hydroxylation sites is 1. The maximum absolute atomic E-state index is 11.8. The van der Waals surface area contributed by atoms with E-state index in [-0.39, 0.29) is 5.78 Å². The number of rotatable bonds is 0. The van der Waals surface area contributed by atoms with Gasteiger partial charge in [0.1, 0.15) is 0 Å². The van der Waals surface area contributed by atoms with Crippen LogP contribution < -0.4 is 0 Å². The van der Waals surface area contributed by atoms with Crippen molar-refractivity contribution in [3.05, 3.63) is 47.5 Å². The number of aryl methyl sites for hydroxylation is 2. The molecule has 1 aliphatic rings. The fourth-order valence-electron chi connectivity index (χ4n) is 3.10. The number of fused-ring (bicyclic) bond motifs is 4. The van der Waals surface area contributed by atoms with Crippen LogP contribution in [-0.2, 0) is 13.5 Å². The van der Waals surface area contributed by atoms with Crippen molar-refractivity contribution in [2.45, 2.75) is 12.8 Å². The minimum atomic E-state index is 0.289. The maximum atomic E-state index is 11.8. The first-order valence-corrected chi connectivity index (χ1v) is 6.29. The molecule has 18 heavy (non-hydrogen) atoms. The van der Waals surface area contributed by atoms with Crippen molar-refractivity contribution in [2.24, 2.45) is 7.05 Å². The zero-order valence-electron chi connectivity index (χ0n) is 10.2. The van der Waals surface area contributed by atoms with Gasteiger partial charge in [0.05, 0.1) is 0 Å². The predicted molar refractivity (Wildman–Crippen MR) is 73.1 cm³/mol. The largest absolute Gasteiger partial charge is 0.344 e. The molecule has 0 unspecified atom stereocenters. The van der Waals surface area contributed by atoms with Crippen LogP contribution in [0.15, 0.2) is 36.4 Å². The Hall–Kier alpha value is -2.09. The van der Waals surface area contributed by atoms with Gasteiger partial charge in [-0.1, -0.05) is 18.2 Å². The molecule has 0 bridgehead atoms. The normalized spacial score (nSPS) is 14.6. The first-order valence-electron chi connectivity index (χ1n) is 6.29. The molecule has 0 saturated heterocycles. The smallest absolute Gasteiger partial charge is 0.163 e. The molecular formula is C16H13NO. The van der Waals surface area contributed by atoms with Gasteiger partial charge in [0, 0.05) is 40.8 Å². The van der Waals surface area contributed by atoms with Crippen molar-refractivity contribution in [1.82, 2.24) is 4.57 Å². The maximum Gasteiger partial charge on any atom is 0.163 e. The molecule has 88 valence electrons. The van der Waals surface area contributed by atoms with Crippen molar-refractivity contribution in [3.63, 3.8) is 0 Å². The molecule has 2 heteroatoms. The van der Waals surface area contributed by atoms with Crippen molar-refractivity contribution >= 4 is 27.6 Å². The average Bonchev–Trinajstić information content (AvgIpc) is 2.90. The summed E-state index contributed by atoms with van der Waals surface area (Å²) in [4.78, 5) is 11.8. The summed E-state index contributed by atoms with van der Waals surface area (Å²) in [6.07, 6.45) is 1.57. The lowest BCUT2D eigenvalue weighted by atomic mass is 10.1. The van der Waals surface area contributed by atoms with Crippen molar-refractivity contribution in [1.29, 1.82) is 0 Å². The third-order valence-electron chi connectivity index (χ3n) is 4.06. The standard InChI is InChI=1S/C16H13NO/c1-17-14-5-3-2-4-11(14)13-8-10-6-7-16(18)12(10)9-15(13)17/h2-5,8-9H,6-7H2,1H3. The molecule has 2 aromatic carbocycles. The van der Waals surface area contributed by atoms with Gasteiger partial charge in [-0.05, 0) is 30.2 Å². The lowest BCUT2D eigenvalue weighted by molar-refractivity contribution is 0.0994. The molecule has 3 aromatic rings. The van der Waals surface area contributed by atoms with Crippen LogP contribution in [0.25, 0.3) is 21.8 Å². The summed E-state index contributed by atoms with van der Waals surface area (Å²) in [7, 11) is 2.07. The monoisotopic (exact) mass is 235 g/mol. The first-order chi connectivity index (χ1) is 8.75. The molecule has 1 aliphatic carbocycles. The number of nitrogens with zero attached hydrogens (tertiary/aromatic N) is 1. The highest BCUT2D eigenvalue weighted by Gasteiger charge is 2.21. The van der Waals surface area contributed by atoms with Crippen LogP contribution in [0.1, 0.15) is 22.3 Å². The molecule has 0 N–H and O–H groups in total. The van der Waals surface area contributed by atoms with E-state index in [2.05, 4.69) is 48.0 Å². The number of Topliss-reactive ketones (excluding diaryl/α,β-unsaturated/α-hetero) is 1. The molecule has 0 spiro atoms. The van der Waals surface area contributed by atoms with E-state index in [4.69, 9.17) is 0 Å². The number of hydrogen-bond acceptors (Lipinski definition) is 1. The predicted octanol–water partition coefficient (Wildman–Crippen LogP) is 3.46. The zero-order chi connectivity index (χ0) is 12.3. The van der Waals surface area contributed by atoms with Gasteiger partial charge in [0.2, 0.25) is 0 Å². The van der Waals surface area contributed by atoms with Gasteiger partial charge in [-0.15, -0.1) is 0 Å². The molecule has 0 aliphatic heterocycles. The third-order valence-corrected chi connectivity index (χ3v) is 4.06. The Morgan fingerprint density at radius 3 is 2.72 bits per heavy atom. The highest BCUT2D eigenvalue weighted by atomic mass is 16.1. The Kier molecular flexibility index (Phi) is 1.77. The first kappa shape index (κ1) is 9.89. The minimum Gasteiger partial charge on any atom is -0.344 e. The van der Waals surface area contributed by atoms with E-state index in [0.717, 1.165) is 17.5 Å². The van der Waals surface area contributed by atoms with Crippen LogP contribution in [0.5, 0.6) is 0 Å². The number of carbonyl (C=O) groups excluding carboxylic acids is 1. The fraction of sp³-hybridized carbons (Fsp3) is 0.188. The van der Waals surface area contributed by atoms with Gasteiger partial charge in [-0.2, -0.15) is 0 Å². The molecular weight excluding hydrogens is 222 g/mol. The topological polar surface area (TPSA) is 22.0 Å². The summed E-state index contributed by atoms with van der Waals surface area (Å²) in [5, 5.41) is 2.54. The quantitative estimate of drug-likeness (QED) is 0.585. The van der Waals surface area contributed by atoms with Gasteiger partial charge in [0.25, 0.3) is 0 Å². The van der Waals surface area contributed by atoms with Crippen LogP contribution in [0.3, 0.4) is 0 Å². The van der Waals surface area contributed by atoms with E-state index >= 15 is 0 Å². The molecule has 0 radical (unpaired) electrons. The summed E-state index contributed by atoms with van der Waals surface area (Å²) in [5.41, 5.74) is 4.52. The summed E-state index contributed by atoms with van der Waals surface area (Å²) in [6, 6.07) is 12.7. The molecule has 1 heterocycles. The van der Waals surface area contributed by atoms with E-state index in [0.29, 0.717) is 6.42 Å². The van der Waals surface area contributed by atoms with Gasteiger partial charge >= 0.3 is 0 Å². The molecule has 0 atom stereocenters. The van der Waals surface area contributed by atoms with Crippen molar-refractivity contribution in [2.75, 3.05) is 0 Å². The number of ketones is 1. The average molecular weight is 235 g/mol. The summed E-state index contributed by atoms with van der Waals surface area (Å²) < 4.78 is 2.18. The van der Waals surface area contributed by atoms with Crippen LogP contribution in [0.2, 0.25) is 0 Å². The van der Waals surface area contributed by atoms with Crippen molar-refractivity contribution in [3.8, 4) is 0 Å². The van der Waals surface area contributed by atoms with Crippen LogP contribution in [-0.4, -0.2) is 10.4 Å². The van der Waals surface area contributed by atoms with Crippen LogP contribution in [0, 0.1) is 0 Å². The van der Waals surface area contributed by atoms with E-state index < -0.39 is 0 Å². The fourth-order valence-corrected chi connectivity index (χ4v) is 3.10. The Bertz CT molecular complexity index is 811. The van der Waals surface area contributed by atoms with E-state index in [1.807, 2.05) is 0 Å². The second kappa shape index (κ2) is 3.22. The lowest BCUT2D eigenvalue weighted by Gasteiger charge is -2.01. The van der Waals surface area contributed by atoms with Crippen molar-refractivity contribution < 1.29 is 4.79 Å². The number of benzene rings is 2. The number of carbonyl (C=O) groups is 1. The van der Waals surface area contributed by atoms with Gasteiger partial charge in [0.15, 0.2) is 5.78 Å². The molecule has 0 fully saturated rings. The highest BCUT2D eigenvalue weighted by Crippen LogP contribution is 2.33. The van der Waals surface area contributed by atoms with E-state index in [9.17, 15) is 4.79 Å². The molecule has 0 saturated carbocycles. The summed E-state index contributed by atoms with van der Waals surface area (Å²) in [5.74, 6) is 0.289. The van der Waals surface area contributed by atoms with E-state index in [1.165, 1.54) is 21.9 Å². The second-order valence-electron chi connectivity index (χ2n) is 5.03. The Morgan fingerprint density at radius 2 is 1.83 bits per heavy atom. The zero-order valence-corrected chi connectivity index (χ0v) is 10.2. The molecule has 4 rings (SSSR count). The lowest BCUT2D eigenvalue weighted by Crippen LogP contribution is -1.93. The third kappa shape index (κ3) is 1.10. The molecule has 0 amide bonds. The minimum absolute atomic E-state index is 0.289. The number of hydrogen-bond donors (Lipinski definition) is 0. The van der Waals surface area contributed by atoms with Crippen LogP contribution in [0.4, 0.5) is 0 Å². The number of aromatic nitrogens is 1. The molecule has 1 aromatic heterocycles. The SMILES string of the molecule is Cn1c2ccccc2c2cc3c(cc21)C(=O)CC3.